The molecule has 0 saturated carbocycles. The quantitative estimate of drug-likeness (QED) is 0.856. The van der Waals surface area contributed by atoms with Crippen molar-refractivity contribution in [3.63, 3.8) is 0 Å². The zero-order valence-electron chi connectivity index (χ0n) is 13.4. The number of carbonyl (C=O) groups excluding carboxylic acids is 1. The SMILES string of the molecule is CCOCc1nnc2n1CCN(C(=O)C1=CCCCC1)[C@H]2C. The van der Waals surface area contributed by atoms with Gasteiger partial charge in [-0.05, 0) is 39.5 Å². The van der Waals surface area contributed by atoms with E-state index in [1.807, 2.05) is 18.7 Å². The second-order valence-electron chi connectivity index (χ2n) is 5.91. The zero-order valence-corrected chi connectivity index (χ0v) is 13.4. The van der Waals surface area contributed by atoms with Gasteiger partial charge in [0.1, 0.15) is 6.61 Å². The molecule has 1 aliphatic heterocycles. The molecule has 1 aliphatic carbocycles. The molecule has 120 valence electrons. The first-order valence-electron chi connectivity index (χ1n) is 8.22. The van der Waals surface area contributed by atoms with Crippen molar-refractivity contribution in [1.82, 2.24) is 19.7 Å². The zero-order chi connectivity index (χ0) is 15.5. The normalized spacial score (nSPS) is 21.5. The fourth-order valence-corrected chi connectivity index (χ4v) is 3.24. The van der Waals surface area contributed by atoms with Crippen LogP contribution in [0.25, 0.3) is 0 Å². The number of amides is 1. The van der Waals surface area contributed by atoms with Gasteiger partial charge in [0.2, 0.25) is 5.91 Å². The molecular formula is C16H24N4O2. The number of nitrogens with zero attached hydrogens (tertiary/aromatic N) is 4. The highest BCUT2D eigenvalue weighted by Crippen LogP contribution is 2.28. The molecule has 0 N–H and O–H groups in total. The van der Waals surface area contributed by atoms with Crippen LogP contribution in [0.15, 0.2) is 11.6 Å². The van der Waals surface area contributed by atoms with Crippen LogP contribution in [0.5, 0.6) is 0 Å². The summed E-state index contributed by atoms with van der Waals surface area (Å²) in [4.78, 5) is 14.7. The molecule has 0 saturated heterocycles. The maximum absolute atomic E-state index is 12.7. The maximum atomic E-state index is 12.7. The van der Waals surface area contributed by atoms with Crippen LogP contribution in [0, 0.1) is 0 Å². The van der Waals surface area contributed by atoms with E-state index in [0.717, 1.165) is 43.0 Å². The predicted molar refractivity (Wildman–Crippen MR) is 82.0 cm³/mol. The van der Waals surface area contributed by atoms with Crippen LogP contribution in [0.3, 0.4) is 0 Å². The first-order chi connectivity index (χ1) is 10.7. The smallest absolute Gasteiger partial charge is 0.250 e. The minimum absolute atomic E-state index is 0.0352. The van der Waals surface area contributed by atoms with E-state index >= 15 is 0 Å². The topological polar surface area (TPSA) is 60.3 Å². The second-order valence-corrected chi connectivity index (χ2v) is 5.91. The number of carbonyl (C=O) groups is 1. The summed E-state index contributed by atoms with van der Waals surface area (Å²) >= 11 is 0. The van der Waals surface area contributed by atoms with Gasteiger partial charge in [0.25, 0.3) is 0 Å². The third kappa shape index (κ3) is 2.79. The van der Waals surface area contributed by atoms with Gasteiger partial charge in [-0.15, -0.1) is 10.2 Å². The Morgan fingerprint density at radius 1 is 1.36 bits per heavy atom. The number of allylic oxidation sites excluding steroid dienone is 1. The molecule has 3 rings (SSSR count). The van der Waals surface area contributed by atoms with E-state index in [0.29, 0.717) is 19.8 Å². The van der Waals surface area contributed by atoms with Gasteiger partial charge in [-0.2, -0.15) is 0 Å². The molecule has 2 aliphatic rings. The summed E-state index contributed by atoms with van der Waals surface area (Å²) in [5, 5.41) is 8.52. The monoisotopic (exact) mass is 304 g/mol. The average Bonchev–Trinajstić information content (AvgIpc) is 2.97. The van der Waals surface area contributed by atoms with Gasteiger partial charge in [-0.25, -0.2) is 0 Å². The van der Waals surface area contributed by atoms with E-state index in [1.165, 1.54) is 6.42 Å². The van der Waals surface area contributed by atoms with Crippen LogP contribution in [-0.2, 0) is 22.7 Å². The van der Waals surface area contributed by atoms with Gasteiger partial charge in [-0.1, -0.05) is 6.08 Å². The maximum Gasteiger partial charge on any atom is 0.250 e. The second kappa shape index (κ2) is 6.60. The van der Waals surface area contributed by atoms with Gasteiger partial charge >= 0.3 is 0 Å². The van der Waals surface area contributed by atoms with Crippen molar-refractivity contribution in [3.8, 4) is 0 Å². The summed E-state index contributed by atoms with van der Waals surface area (Å²) in [6.45, 7) is 6.60. The summed E-state index contributed by atoms with van der Waals surface area (Å²) in [7, 11) is 0. The fourth-order valence-electron chi connectivity index (χ4n) is 3.24. The van der Waals surface area contributed by atoms with Crippen molar-refractivity contribution >= 4 is 5.91 Å². The summed E-state index contributed by atoms with van der Waals surface area (Å²) in [6.07, 6.45) is 6.36. The molecule has 1 aromatic rings. The van der Waals surface area contributed by atoms with E-state index in [2.05, 4.69) is 20.8 Å². The molecule has 0 spiro atoms. The molecule has 1 amide bonds. The lowest BCUT2D eigenvalue weighted by Gasteiger charge is -2.34. The van der Waals surface area contributed by atoms with Gasteiger partial charge < -0.3 is 14.2 Å². The summed E-state index contributed by atoms with van der Waals surface area (Å²) in [5.74, 6) is 1.89. The number of rotatable bonds is 4. The first-order valence-corrected chi connectivity index (χ1v) is 8.22. The van der Waals surface area contributed by atoms with Crippen LogP contribution in [0.2, 0.25) is 0 Å². The number of fused-ring (bicyclic) bond motifs is 1. The number of aromatic nitrogens is 3. The summed E-state index contributed by atoms with van der Waals surface area (Å²) in [6, 6.07) is -0.0352. The fraction of sp³-hybridized carbons (Fsp3) is 0.688. The lowest BCUT2D eigenvalue weighted by Crippen LogP contribution is -2.42. The van der Waals surface area contributed by atoms with E-state index in [9.17, 15) is 4.79 Å². The lowest BCUT2D eigenvalue weighted by molar-refractivity contribution is -0.130. The van der Waals surface area contributed by atoms with E-state index in [4.69, 9.17) is 4.74 Å². The van der Waals surface area contributed by atoms with Gasteiger partial charge in [0.15, 0.2) is 11.6 Å². The molecular weight excluding hydrogens is 280 g/mol. The van der Waals surface area contributed by atoms with Gasteiger partial charge in [0, 0.05) is 25.3 Å². The third-order valence-corrected chi connectivity index (χ3v) is 4.52. The van der Waals surface area contributed by atoms with Crippen molar-refractivity contribution in [3.05, 3.63) is 23.3 Å². The highest BCUT2D eigenvalue weighted by molar-refractivity contribution is 5.93. The largest absolute Gasteiger partial charge is 0.374 e. The minimum atomic E-state index is -0.0352. The highest BCUT2D eigenvalue weighted by atomic mass is 16.5. The molecule has 0 bridgehead atoms. The number of hydrogen-bond donors (Lipinski definition) is 0. The Hall–Kier alpha value is -1.69. The molecule has 0 aromatic carbocycles. The molecule has 1 aromatic heterocycles. The molecule has 0 fully saturated rings. The molecule has 0 radical (unpaired) electrons. The van der Waals surface area contributed by atoms with Crippen molar-refractivity contribution in [1.29, 1.82) is 0 Å². The number of ether oxygens (including phenoxy) is 1. The predicted octanol–water partition coefficient (Wildman–Crippen LogP) is 2.22. The van der Waals surface area contributed by atoms with Gasteiger partial charge in [-0.3, -0.25) is 4.79 Å². The van der Waals surface area contributed by atoms with E-state index in [-0.39, 0.29) is 11.9 Å². The van der Waals surface area contributed by atoms with E-state index in [1.54, 1.807) is 0 Å². The van der Waals surface area contributed by atoms with Crippen molar-refractivity contribution in [2.75, 3.05) is 13.2 Å². The third-order valence-electron chi connectivity index (χ3n) is 4.52. The van der Waals surface area contributed by atoms with Crippen LogP contribution in [0.4, 0.5) is 0 Å². The summed E-state index contributed by atoms with van der Waals surface area (Å²) in [5.41, 5.74) is 0.973. The molecule has 22 heavy (non-hydrogen) atoms. The molecule has 1 atom stereocenters. The Labute approximate surface area is 131 Å². The Morgan fingerprint density at radius 2 is 2.23 bits per heavy atom. The van der Waals surface area contributed by atoms with Crippen LogP contribution < -0.4 is 0 Å². The molecule has 6 nitrogen and oxygen atoms in total. The van der Waals surface area contributed by atoms with E-state index < -0.39 is 0 Å². The van der Waals surface area contributed by atoms with Crippen molar-refractivity contribution in [2.24, 2.45) is 0 Å². The standard InChI is InChI=1S/C16H24N4O2/c1-3-22-11-14-17-18-15-12(2)19(9-10-20(14)15)16(21)13-7-5-4-6-8-13/h7,12H,3-6,8-11H2,1-2H3/t12-/m0/s1. The van der Waals surface area contributed by atoms with Crippen molar-refractivity contribution in [2.45, 2.75) is 58.7 Å². The Kier molecular flexibility index (Phi) is 4.57. The molecule has 6 heteroatoms. The van der Waals surface area contributed by atoms with Crippen LogP contribution in [-0.4, -0.2) is 38.7 Å². The highest BCUT2D eigenvalue weighted by Gasteiger charge is 2.32. The Balaban J connectivity index is 1.76. The first kappa shape index (κ1) is 15.2. The van der Waals surface area contributed by atoms with Crippen LogP contribution in [0.1, 0.15) is 57.2 Å². The van der Waals surface area contributed by atoms with Gasteiger partial charge in [0.05, 0.1) is 6.04 Å². The Bertz CT molecular complexity index is 579. The van der Waals surface area contributed by atoms with Crippen molar-refractivity contribution < 1.29 is 9.53 Å². The lowest BCUT2D eigenvalue weighted by atomic mass is 9.98. The summed E-state index contributed by atoms with van der Waals surface area (Å²) < 4.78 is 7.53. The molecule has 2 heterocycles. The minimum Gasteiger partial charge on any atom is -0.374 e. The van der Waals surface area contributed by atoms with Crippen LogP contribution >= 0.6 is 0 Å². The average molecular weight is 304 g/mol. The molecule has 0 unspecified atom stereocenters. The Morgan fingerprint density at radius 3 is 2.95 bits per heavy atom. The number of hydrogen-bond acceptors (Lipinski definition) is 4.